The number of amides is 3. The zero-order chi connectivity index (χ0) is 30.5. The molecular weight excluding hydrogens is 540 g/mol. The third-order valence-corrected chi connectivity index (χ3v) is 8.23. The van der Waals surface area contributed by atoms with E-state index in [4.69, 9.17) is 0 Å². The van der Waals surface area contributed by atoms with E-state index in [0.29, 0.717) is 42.2 Å². The molecule has 9 nitrogen and oxygen atoms in total. The van der Waals surface area contributed by atoms with Crippen molar-refractivity contribution in [3.63, 3.8) is 0 Å². The zero-order valence-electron chi connectivity index (χ0n) is 25.4. The van der Waals surface area contributed by atoms with E-state index in [1.165, 1.54) is 0 Å². The van der Waals surface area contributed by atoms with Crippen LogP contribution in [0.5, 0.6) is 0 Å². The monoisotopic (exact) mass is 580 g/mol. The van der Waals surface area contributed by atoms with Crippen LogP contribution in [-0.4, -0.2) is 92.3 Å². The molecule has 0 aromatic heterocycles. The van der Waals surface area contributed by atoms with E-state index in [0.717, 1.165) is 48.7 Å². The van der Waals surface area contributed by atoms with Crippen LogP contribution in [0.4, 0.5) is 17.1 Å². The van der Waals surface area contributed by atoms with Crippen molar-refractivity contribution in [1.82, 2.24) is 14.7 Å². The molecule has 0 bridgehead atoms. The third-order valence-electron chi connectivity index (χ3n) is 8.23. The van der Waals surface area contributed by atoms with Crippen molar-refractivity contribution in [3.05, 3.63) is 89.5 Å². The van der Waals surface area contributed by atoms with Gasteiger partial charge in [0.15, 0.2) is 0 Å². The van der Waals surface area contributed by atoms with Crippen molar-refractivity contribution in [2.45, 2.75) is 13.8 Å². The van der Waals surface area contributed by atoms with Crippen molar-refractivity contribution in [2.75, 3.05) is 75.4 Å². The minimum Gasteiger partial charge on any atom is -0.354 e. The van der Waals surface area contributed by atoms with Gasteiger partial charge in [-0.05, 0) is 62.9 Å². The minimum atomic E-state index is -0.236. The van der Waals surface area contributed by atoms with E-state index in [1.54, 1.807) is 29.0 Å². The molecule has 3 amide bonds. The molecule has 43 heavy (non-hydrogen) atoms. The number of fused-ring (bicyclic) bond motifs is 1. The van der Waals surface area contributed by atoms with Gasteiger partial charge in [-0.1, -0.05) is 36.4 Å². The van der Waals surface area contributed by atoms with Gasteiger partial charge in [0.05, 0.1) is 17.8 Å². The molecule has 5 rings (SSSR count). The Morgan fingerprint density at radius 1 is 0.884 bits per heavy atom. The molecule has 0 saturated carbocycles. The van der Waals surface area contributed by atoms with Crippen LogP contribution in [0.3, 0.4) is 0 Å². The van der Waals surface area contributed by atoms with Crippen LogP contribution in [-0.2, 0) is 9.59 Å². The maximum atomic E-state index is 13.4. The number of carbonyl (C=O) groups is 3. The summed E-state index contributed by atoms with van der Waals surface area (Å²) in [5.74, 6) is -0.247. The van der Waals surface area contributed by atoms with Gasteiger partial charge in [0, 0.05) is 74.5 Å². The van der Waals surface area contributed by atoms with Crippen LogP contribution in [0.1, 0.15) is 35.3 Å². The van der Waals surface area contributed by atoms with E-state index in [9.17, 15) is 14.4 Å². The van der Waals surface area contributed by atoms with Gasteiger partial charge in [-0.3, -0.25) is 19.3 Å². The highest BCUT2D eigenvalue weighted by Crippen LogP contribution is 2.38. The molecule has 3 aromatic carbocycles. The lowest BCUT2D eigenvalue weighted by atomic mass is 9.98. The predicted molar refractivity (Wildman–Crippen MR) is 173 cm³/mol. The number of likely N-dealkylation sites (N-methyl/N-ethyl adjacent to an activating group) is 2. The fraction of sp³-hybridized carbons (Fsp3) is 0.324. The SMILES string of the molecule is CCN(CC)C(=O)c1ccc2c(c1)NC(=O)/C2=C(\Nc1ccc(N(C)C(=O)CN2CCN(C)CC2)cc1)c1ccccc1. The Bertz CT molecular complexity index is 1510. The number of nitrogens with zero attached hydrogens (tertiary/aromatic N) is 4. The molecule has 2 heterocycles. The number of nitrogens with one attached hydrogen (secondary N) is 2. The van der Waals surface area contributed by atoms with Gasteiger partial charge in [0.1, 0.15) is 0 Å². The van der Waals surface area contributed by atoms with Crippen molar-refractivity contribution in [2.24, 2.45) is 0 Å². The Morgan fingerprint density at radius 2 is 1.56 bits per heavy atom. The fourth-order valence-corrected chi connectivity index (χ4v) is 5.49. The molecule has 1 saturated heterocycles. The minimum absolute atomic E-state index is 0.0513. The van der Waals surface area contributed by atoms with Crippen LogP contribution in [0.2, 0.25) is 0 Å². The van der Waals surface area contributed by atoms with Gasteiger partial charge in [0.25, 0.3) is 11.8 Å². The van der Waals surface area contributed by atoms with Crippen molar-refractivity contribution in [3.8, 4) is 0 Å². The molecule has 0 spiro atoms. The lowest BCUT2D eigenvalue weighted by molar-refractivity contribution is -0.119. The first-order chi connectivity index (χ1) is 20.8. The van der Waals surface area contributed by atoms with Crippen LogP contribution in [0.25, 0.3) is 11.3 Å². The van der Waals surface area contributed by atoms with Gasteiger partial charge in [0.2, 0.25) is 5.91 Å². The molecule has 0 aliphatic carbocycles. The quantitative estimate of drug-likeness (QED) is 0.367. The number of hydrogen-bond acceptors (Lipinski definition) is 6. The van der Waals surface area contributed by atoms with E-state index in [-0.39, 0.29) is 17.7 Å². The molecule has 1 fully saturated rings. The van der Waals surface area contributed by atoms with Gasteiger partial charge in [-0.15, -0.1) is 0 Å². The summed E-state index contributed by atoms with van der Waals surface area (Å²) in [7, 11) is 3.90. The molecule has 9 heteroatoms. The summed E-state index contributed by atoms with van der Waals surface area (Å²) in [6, 6.07) is 22.7. The number of piperazine rings is 1. The Labute approximate surface area is 253 Å². The summed E-state index contributed by atoms with van der Waals surface area (Å²) < 4.78 is 0. The summed E-state index contributed by atoms with van der Waals surface area (Å²) in [4.78, 5) is 47.3. The highest BCUT2D eigenvalue weighted by atomic mass is 16.2. The Morgan fingerprint density at radius 3 is 2.21 bits per heavy atom. The summed E-state index contributed by atoms with van der Waals surface area (Å²) >= 11 is 0. The summed E-state index contributed by atoms with van der Waals surface area (Å²) in [5.41, 5.74) is 5.49. The van der Waals surface area contributed by atoms with E-state index >= 15 is 0 Å². The zero-order valence-corrected chi connectivity index (χ0v) is 25.4. The third kappa shape index (κ3) is 6.63. The smallest absolute Gasteiger partial charge is 0.258 e. The second-order valence-corrected chi connectivity index (χ2v) is 11.0. The van der Waals surface area contributed by atoms with E-state index < -0.39 is 0 Å². The second kappa shape index (κ2) is 13.2. The molecular formula is C34H40N6O3. The highest BCUT2D eigenvalue weighted by molar-refractivity contribution is 6.37. The van der Waals surface area contributed by atoms with Gasteiger partial charge in [-0.25, -0.2) is 0 Å². The molecule has 0 unspecified atom stereocenters. The number of carbonyl (C=O) groups excluding carboxylic acids is 3. The fourth-order valence-electron chi connectivity index (χ4n) is 5.49. The number of rotatable bonds is 9. The Balaban J connectivity index is 1.40. The van der Waals surface area contributed by atoms with E-state index in [1.807, 2.05) is 74.5 Å². The molecule has 2 aliphatic rings. The van der Waals surface area contributed by atoms with Crippen LogP contribution in [0, 0.1) is 0 Å². The first-order valence-electron chi connectivity index (χ1n) is 14.9. The Kier molecular flexibility index (Phi) is 9.23. The topological polar surface area (TPSA) is 88.2 Å². The predicted octanol–water partition coefficient (Wildman–Crippen LogP) is 4.31. The Hall–Kier alpha value is -4.47. The molecule has 2 aliphatic heterocycles. The van der Waals surface area contributed by atoms with Gasteiger partial charge < -0.3 is 25.3 Å². The van der Waals surface area contributed by atoms with Crippen LogP contribution < -0.4 is 15.5 Å². The largest absolute Gasteiger partial charge is 0.354 e. The molecule has 0 atom stereocenters. The highest BCUT2D eigenvalue weighted by Gasteiger charge is 2.30. The van der Waals surface area contributed by atoms with Crippen molar-refractivity contribution >= 4 is 46.1 Å². The maximum Gasteiger partial charge on any atom is 0.258 e. The van der Waals surface area contributed by atoms with Crippen molar-refractivity contribution < 1.29 is 14.4 Å². The van der Waals surface area contributed by atoms with Crippen LogP contribution >= 0.6 is 0 Å². The molecule has 3 aromatic rings. The van der Waals surface area contributed by atoms with Crippen molar-refractivity contribution in [1.29, 1.82) is 0 Å². The maximum absolute atomic E-state index is 13.4. The lowest BCUT2D eigenvalue weighted by Gasteiger charge is -2.32. The number of benzene rings is 3. The summed E-state index contributed by atoms with van der Waals surface area (Å²) in [6.07, 6.45) is 0. The first kappa shape index (κ1) is 30.0. The standard InChI is InChI=1S/C34H40N6O3/c1-5-40(6-2)34(43)25-12-17-28-29(22-25)36-33(42)31(28)32(24-10-8-7-9-11-24)35-26-13-15-27(16-14-26)38(4)30(41)23-39-20-18-37(3)19-21-39/h7-17,22,35H,5-6,18-21,23H2,1-4H3,(H,36,42)/b32-31-. The number of anilines is 3. The molecule has 2 N–H and O–H groups in total. The lowest BCUT2D eigenvalue weighted by Crippen LogP contribution is -2.48. The van der Waals surface area contributed by atoms with Gasteiger partial charge >= 0.3 is 0 Å². The number of hydrogen-bond donors (Lipinski definition) is 2. The van der Waals surface area contributed by atoms with E-state index in [2.05, 4.69) is 27.5 Å². The molecule has 0 radical (unpaired) electrons. The van der Waals surface area contributed by atoms with Crippen LogP contribution in [0.15, 0.2) is 72.8 Å². The normalized spacial score (nSPS) is 16.3. The summed E-state index contributed by atoms with van der Waals surface area (Å²) in [5, 5.41) is 6.44. The average molecular weight is 581 g/mol. The van der Waals surface area contributed by atoms with Gasteiger partial charge in [-0.2, -0.15) is 0 Å². The average Bonchev–Trinajstić information content (AvgIpc) is 3.36. The summed E-state index contributed by atoms with van der Waals surface area (Å²) in [6.45, 7) is 9.24. The molecule has 224 valence electrons. The first-order valence-corrected chi connectivity index (χ1v) is 14.9. The second-order valence-electron chi connectivity index (χ2n) is 11.0.